The van der Waals surface area contributed by atoms with Gasteiger partial charge in [-0.1, -0.05) is 6.07 Å². The second-order valence-corrected chi connectivity index (χ2v) is 6.76. The molecule has 0 aliphatic carbocycles. The average Bonchev–Trinajstić information content (AvgIpc) is 3.16. The molecule has 6 nitrogen and oxygen atoms in total. The molecule has 1 saturated heterocycles. The van der Waals surface area contributed by atoms with Gasteiger partial charge in [-0.2, -0.15) is 18.3 Å². The summed E-state index contributed by atoms with van der Waals surface area (Å²) < 4.78 is 40.2. The van der Waals surface area contributed by atoms with Crippen molar-refractivity contribution >= 4 is 11.9 Å². The lowest BCUT2D eigenvalue weighted by Gasteiger charge is -2.35. The lowest BCUT2D eigenvalue weighted by atomic mass is 9.97. The number of carbonyl (C=O) groups excluding carboxylic acids is 1. The molecule has 1 aromatic heterocycles. The van der Waals surface area contributed by atoms with Gasteiger partial charge in [0.2, 0.25) is 0 Å². The van der Waals surface area contributed by atoms with Crippen molar-refractivity contribution in [1.82, 2.24) is 14.7 Å². The zero-order valence-corrected chi connectivity index (χ0v) is 15.0. The Balaban J connectivity index is 1.86. The number of alkyl halides is 3. The van der Waals surface area contributed by atoms with Crippen molar-refractivity contribution in [3.05, 3.63) is 47.8 Å². The predicted octanol–water partition coefficient (Wildman–Crippen LogP) is 3.75. The first kappa shape index (κ1) is 19.9. The van der Waals surface area contributed by atoms with Crippen LogP contribution in [0.4, 0.5) is 13.2 Å². The van der Waals surface area contributed by atoms with Crippen LogP contribution >= 0.6 is 0 Å². The van der Waals surface area contributed by atoms with Crippen molar-refractivity contribution in [2.75, 3.05) is 6.54 Å². The number of likely N-dealkylation sites (tertiary alicyclic amines) is 1. The summed E-state index contributed by atoms with van der Waals surface area (Å²) in [5, 5.41) is 12.7. The van der Waals surface area contributed by atoms with E-state index in [1.807, 2.05) is 0 Å². The number of amides is 1. The first-order chi connectivity index (χ1) is 13.3. The molecular formula is C19H20F3N3O3. The van der Waals surface area contributed by atoms with Gasteiger partial charge in [-0.25, -0.2) is 4.68 Å². The van der Waals surface area contributed by atoms with E-state index in [0.717, 1.165) is 36.2 Å². The number of piperidine rings is 1. The number of carboxylic acids is 1. The maximum atomic E-state index is 13.1. The fourth-order valence-corrected chi connectivity index (χ4v) is 3.52. The highest BCUT2D eigenvalue weighted by atomic mass is 19.4. The van der Waals surface area contributed by atoms with Crippen molar-refractivity contribution in [2.24, 2.45) is 0 Å². The molecule has 3 rings (SSSR count). The second-order valence-electron chi connectivity index (χ2n) is 6.76. The van der Waals surface area contributed by atoms with E-state index in [1.165, 1.54) is 18.2 Å². The molecule has 0 bridgehead atoms. The van der Waals surface area contributed by atoms with E-state index >= 15 is 0 Å². The first-order valence-corrected chi connectivity index (χ1v) is 9.02. The molecule has 1 aliphatic rings. The molecule has 0 radical (unpaired) electrons. The first-order valence-electron chi connectivity index (χ1n) is 9.02. The monoisotopic (exact) mass is 395 g/mol. The fourth-order valence-electron chi connectivity index (χ4n) is 3.52. The second kappa shape index (κ2) is 8.04. The number of hydrogen-bond donors (Lipinski definition) is 1. The smallest absolute Gasteiger partial charge is 0.433 e. The van der Waals surface area contributed by atoms with Crippen LogP contribution < -0.4 is 0 Å². The zero-order valence-electron chi connectivity index (χ0n) is 15.0. The van der Waals surface area contributed by atoms with Gasteiger partial charge in [0.1, 0.15) is 5.69 Å². The number of benzene rings is 1. The molecule has 1 atom stereocenters. The summed E-state index contributed by atoms with van der Waals surface area (Å²) in [6.07, 6.45) is -0.733. The SMILES string of the molecule is O=C(O)CCC1CCCCN1C(=O)c1cccc(-n2nccc2C(F)(F)F)c1. The van der Waals surface area contributed by atoms with Gasteiger partial charge in [0.25, 0.3) is 5.91 Å². The molecule has 2 heterocycles. The van der Waals surface area contributed by atoms with Gasteiger partial charge in [0.15, 0.2) is 0 Å². The van der Waals surface area contributed by atoms with Crippen LogP contribution in [0.1, 0.15) is 48.2 Å². The molecule has 1 aromatic carbocycles. The third-order valence-corrected chi connectivity index (χ3v) is 4.85. The summed E-state index contributed by atoms with van der Waals surface area (Å²) in [5.74, 6) is -1.23. The Hall–Kier alpha value is -2.84. The van der Waals surface area contributed by atoms with E-state index < -0.39 is 17.8 Å². The summed E-state index contributed by atoms with van der Waals surface area (Å²) in [4.78, 5) is 25.5. The maximum Gasteiger partial charge on any atom is 0.433 e. The third-order valence-electron chi connectivity index (χ3n) is 4.85. The number of aromatic nitrogens is 2. The lowest BCUT2D eigenvalue weighted by molar-refractivity contribution is -0.143. The van der Waals surface area contributed by atoms with E-state index in [1.54, 1.807) is 11.0 Å². The van der Waals surface area contributed by atoms with E-state index in [2.05, 4.69) is 5.10 Å². The number of nitrogens with zero attached hydrogens (tertiary/aromatic N) is 3. The molecule has 0 saturated carbocycles. The molecule has 150 valence electrons. The molecule has 1 aliphatic heterocycles. The standard InChI is InChI=1S/C19H20F3N3O3/c20-19(21,22)16-9-10-23-25(16)15-6-3-4-13(12-15)18(28)24-11-2-1-5-14(24)7-8-17(26)27/h3-4,6,9-10,12,14H,1-2,5,7-8,11H2,(H,26,27). The van der Waals surface area contributed by atoms with Crippen molar-refractivity contribution in [3.63, 3.8) is 0 Å². The van der Waals surface area contributed by atoms with Gasteiger partial charge >= 0.3 is 12.1 Å². The molecule has 9 heteroatoms. The summed E-state index contributed by atoms with van der Waals surface area (Å²) in [6.45, 7) is 0.503. The largest absolute Gasteiger partial charge is 0.481 e. The number of carboxylic acid groups (broad SMARTS) is 1. The Morgan fingerprint density at radius 3 is 2.71 bits per heavy atom. The maximum absolute atomic E-state index is 13.1. The van der Waals surface area contributed by atoms with Crippen LogP contribution in [-0.4, -0.2) is 44.3 Å². The van der Waals surface area contributed by atoms with Crippen LogP contribution in [0.3, 0.4) is 0 Å². The molecule has 1 amide bonds. The number of aliphatic carboxylic acids is 1. The lowest BCUT2D eigenvalue weighted by Crippen LogP contribution is -2.44. The molecule has 1 fully saturated rings. The van der Waals surface area contributed by atoms with Crippen molar-refractivity contribution in [3.8, 4) is 5.69 Å². The van der Waals surface area contributed by atoms with Crippen molar-refractivity contribution < 1.29 is 27.9 Å². The summed E-state index contributed by atoms with van der Waals surface area (Å²) >= 11 is 0. The Morgan fingerprint density at radius 2 is 2.00 bits per heavy atom. The Labute approximate surface area is 159 Å². The van der Waals surface area contributed by atoms with E-state index in [-0.39, 0.29) is 29.6 Å². The van der Waals surface area contributed by atoms with Crippen LogP contribution in [0.15, 0.2) is 36.5 Å². The molecular weight excluding hydrogens is 375 g/mol. The molecule has 1 unspecified atom stereocenters. The number of rotatable bonds is 5. The van der Waals surface area contributed by atoms with Crippen LogP contribution in [0.2, 0.25) is 0 Å². The topological polar surface area (TPSA) is 75.4 Å². The minimum absolute atomic E-state index is 0.0310. The minimum atomic E-state index is -4.56. The van der Waals surface area contributed by atoms with E-state index in [0.29, 0.717) is 13.0 Å². The number of hydrogen-bond acceptors (Lipinski definition) is 3. The molecule has 28 heavy (non-hydrogen) atoms. The van der Waals surface area contributed by atoms with Gasteiger partial charge in [-0.15, -0.1) is 0 Å². The van der Waals surface area contributed by atoms with Gasteiger partial charge in [-0.05, 0) is 49.9 Å². The quantitative estimate of drug-likeness (QED) is 0.837. The summed E-state index contributed by atoms with van der Waals surface area (Å²) in [7, 11) is 0. The van der Waals surface area contributed by atoms with Gasteiger partial charge in [0.05, 0.1) is 11.9 Å². The Bertz CT molecular complexity index is 863. The van der Waals surface area contributed by atoms with Crippen molar-refractivity contribution in [1.29, 1.82) is 0 Å². The van der Waals surface area contributed by atoms with Gasteiger partial charge in [0, 0.05) is 24.6 Å². The predicted molar refractivity (Wildman–Crippen MR) is 94.1 cm³/mol. The third kappa shape index (κ3) is 4.35. The fraction of sp³-hybridized carbons (Fsp3) is 0.421. The highest BCUT2D eigenvalue weighted by Crippen LogP contribution is 2.31. The zero-order chi connectivity index (χ0) is 20.3. The van der Waals surface area contributed by atoms with E-state index in [9.17, 15) is 22.8 Å². The van der Waals surface area contributed by atoms with E-state index in [4.69, 9.17) is 5.11 Å². The minimum Gasteiger partial charge on any atom is -0.481 e. The Kier molecular flexibility index (Phi) is 5.71. The Morgan fingerprint density at radius 1 is 1.21 bits per heavy atom. The molecule has 2 aromatic rings. The molecule has 0 spiro atoms. The van der Waals surface area contributed by atoms with Gasteiger partial charge < -0.3 is 10.0 Å². The summed E-state index contributed by atoms with van der Waals surface area (Å²) in [5.41, 5.74) is -0.528. The number of carbonyl (C=O) groups is 2. The normalized spacial score (nSPS) is 17.5. The van der Waals surface area contributed by atoms with Crippen LogP contribution in [-0.2, 0) is 11.0 Å². The highest BCUT2D eigenvalue weighted by molar-refractivity contribution is 5.95. The van der Waals surface area contributed by atoms with Gasteiger partial charge in [-0.3, -0.25) is 9.59 Å². The highest BCUT2D eigenvalue weighted by Gasteiger charge is 2.35. The van der Waals surface area contributed by atoms with Crippen LogP contribution in [0, 0.1) is 0 Å². The summed E-state index contributed by atoms with van der Waals surface area (Å²) in [6, 6.07) is 6.59. The average molecular weight is 395 g/mol. The van der Waals surface area contributed by atoms with Crippen LogP contribution in [0.25, 0.3) is 5.69 Å². The molecule has 1 N–H and O–H groups in total. The van der Waals surface area contributed by atoms with Crippen molar-refractivity contribution in [2.45, 2.75) is 44.3 Å². The van der Waals surface area contributed by atoms with Crippen LogP contribution in [0.5, 0.6) is 0 Å². The number of halogens is 3.